The highest BCUT2D eigenvalue weighted by Gasteiger charge is 2.41. The lowest BCUT2D eigenvalue weighted by atomic mass is 10.0. The van der Waals surface area contributed by atoms with Crippen LogP contribution in [-0.2, 0) is 33.3 Å². The van der Waals surface area contributed by atoms with Gasteiger partial charge in [-0.15, -0.1) is 0 Å². The highest BCUT2D eigenvalue weighted by Crippen LogP contribution is 2.24. The fourth-order valence-corrected chi connectivity index (χ4v) is 1.85. The second kappa shape index (κ2) is 7.20. The maximum atomic E-state index is 11.1. The SMILES string of the molecule is CC(=O)OC[C@@H]1OC(O)[C@@H](OC(C)=O)C[C@H]1OC(C)=O. The Kier molecular flexibility index (Phi) is 5.90. The van der Waals surface area contributed by atoms with Gasteiger partial charge in [0.15, 0.2) is 12.4 Å². The molecular weight excluding hydrogens is 272 g/mol. The second-order valence-electron chi connectivity index (χ2n) is 4.40. The molecule has 0 aromatic carbocycles. The highest BCUT2D eigenvalue weighted by molar-refractivity contribution is 5.67. The van der Waals surface area contributed by atoms with Gasteiger partial charge in [-0.05, 0) is 0 Å². The van der Waals surface area contributed by atoms with Gasteiger partial charge in [-0.2, -0.15) is 0 Å². The first-order valence-electron chi connectivity index (χ1n) is 6.11. The zero-order valence-corrected chi connectivity index (χ0v) is 11.5. The van der Waals surface area contributed by atoms with Crippen LogP contribution in [0.5, 0.6) is 0 Å². The molecular formula is C12H18O8. The first kappa shape index (κ1) is 16.4. The van der Waals surface area contributed by atoms with Crippen molar-refractivity contribution in [2.45, 2.75) is 51.8 Å². The molecule has 8 heteroatoms. The van der Waals surface area contributed by atoms with Gasteiger partial charge in [-0.3, -0.25) is 14.4 Å². The number of esters is 3. The van der Waals surface area contributed by atoms with E-state index in [0.29, 0.717) is 0 Å². The van der Waals surface area contributed by atoms with Crippen LogP contribution in [0.25, 0.3) is 0 Å². The smallest absolute Gasteiger partial charge is 0.303 e. The van der Waals surface area contributed by atoms with Gasteiger partial charge >= 0.3 is 17.9 Å². The van der Waals surface area contributed by atoms with Crippen LogP contribution in [-0.4, -0.2) is 54.2 Å². The summed E-state index contributed by atoms with van der Waals surface area (Å²) >= 11 is 0. The lowest BCUT2D eigenvalue weighted by Gasteiger charge is -2.37. The van der Waals surface area contributed by atoms with E-state index in [1.807, 2.05) is 0 Å². The largest absolute Gasteiger partial charge is 0.463 e. The highest BCUT2D eigenvalue weighted by atomic mass is 16.7. The van der Waals surface area contributed by atoms with E-state index in [9.17, 15) is 19.5 Å². The molecule has 1 fully saturated rings. The topological polar surface area (TPSA) is 108 Å². The minimum atomic E-state index is -1.37. The molecule has 0 bridgehead atoms. The summed E-state index contributed by atoms with van der Waals surface area (Å²) in [5, 5.41) is 9.72. The number of rotatable bonds is 4. The molecule has 1 aliphatic heterocycles. The summed E-state index contributed by atoms with van der Waals surface area (Å²) in [5.41, 5.74) is 0. The molecule has 1 unspecified atom stereocenters. The van der Waals surface area contributed by atoms with Gasteiger partial charge in [0, 0.05) is 27.2 Å². The molecule has 1 saturated heterocycles. The quantitative estimate of drug-likeness (QED) is 0.546. The van der Waals surface area contributed by atoms with Gasteiger partial charge in [0.05, 0.1) is 0 Å². The van der Waals surface area contributed by atoms with Crippen LogP contribution in [0.3, 0.4) is 0 Å². The Morgan fingerprint density at radius 1 is 1.05 bits per heavy atom. The van der Waals surface area contributed by atoms with E-state index < -0.39 is 42.5 Å². The summed E-state index contributed by atoms with van der Waals surface area (Å²) in [7, 11) is 0. The predicted octanol–water partition coefficient (Wildman–Crippen LogP) is -0.480. The Hall–Kier alpha value is -1.67. The summed E-state index contributed by atoms with van der Waals surface area (Å²) in [4.78, 5) is 32.8. The molecule has 1 N–H and O–H groups in total. The first-order valence-corrected chi connectivity index (χ1v) is 6.11. The number of aliphatic hydroxyl groups is 1. The average Bonchev–Trinajstić information content (AvgIpc) is 2.29. The molecule has 4 atom stereocenters. The number of ether oxygens (including phenoxy) is 4. The van der Waals surface area contributed by atoms with Crippen molar-refractivity contribution in [2.75, 3.05) is 6.61 Å². The molecule has 0 spiro atoms. The van der Waals surface area contributed by atoms with E-state index in [4.69, 9.17) is 18.9 Å². The van der Waals surface area contributed by atoms with Gasteiger partial charge < -0.3 is 24.1 Å². The van der Waals surface area contributed by atoms with Gasteiger partial charge in [0.1, 0.15) is 18.8 Å². The Labute approximate surface area is 115 Å². The van der Waals surface area contributed by atoms with Crippen LogP contribution in [0.15, 0.2) is 0 Å². The van der Waals surface area contributed by atoms with Crippen molar-refractivity contribution < 1.29 is 38.4 Å². The van der Waals surface area contributed by atoms with E-state index in [-0.39, 0.29) is 13.0 Å². The Bertz CT molecular complexity index is 380. The Morgan fingerprint density at radius 2 is 1.60 bits per heavy atom. The third kappa shape index (κ3) is 5.14. The molecule has 114 valence electrons. The molecule has 0 saturated carbocycles. The van der Waals surface area contributed by atoms with Crippen LogP contribution in [0.1, 0.15) is 27.2 Å². The number of hydrogen-bond acceptors (Lipinski definition) is 8. The summed E-state index contributed by atoms with van der Waals surface area (Å²) < 4.78 is 19.9. The van der Waals surface area contributed by atoms with Gasteiger partial charge in [-0.1, -0.05) is 0 Å². The van der Waals surface area contributed by atoms with Crippen molar-refractivity contribution in [3.05, 3.63) is 0 Å². The standard InChI is InChI=1S/C12H18O8/c1-6(13)17-5-11-9(18-7(2)14)4-10(12(16)20-11)19-8(3)15/h9-12,16H,4-5H2,1-3H3/t9-,10+,11+,12?/m1/s1. The Morgan fingerprint density at radius 3 is 2.10 bits per heavy atom. The lowest BCUT2D eigenvalue weighted by Crippen LogP contribution is -2.51. The fourth-order valence-electron chi connectivity index (χ4n) is 1.85. The van der Waals surface area contributed by atoms with Crippen molar-refractivity contribution in [1.29, 1.82) is 0 Å². The van der Waals surface area contributed by atoms with E-state index >= 15 is 0 Å². The third-order valence-electron chi connectivity index (χ3n) is 2.60. The predicted molar refractivity (Wildman–Crippen MR) is 63.2 cm³/mol. The van der Waals surface area contributed by atoms with Crippen LogP contribution in [0.4, 0.5) is 0 Å². The molecule has 0 aromatic rings. The zero-order valence-electron chi connectivity index (χ0n) is 11.5. The number of carbonyl (C=O) groups is 3. The molecule has 0 aliphatic carbocycles. The molecule has 0 aromatic heterocycles. The molecule has 1 rings (SSSR count). The minimum Gasteiger partial charge on any atom is -0.463 e. The van der Waals surface area contributed by atoms with E-state index in [1.54, 1.807) is 0 Å². The Balaban J connectivity index is 2.70. The molecule has 0 radical (unpaired) electrons. The van der Waals surface area contributed by atoms with E-state index in [2.05, 4.69) is 0 Å². The fraction of sp³-hybridized carbons (Fsp3) is 0.750. The van der Waals surface area contributed by atoms with Gasteiger partial charge in [0.2, 0.25) is 0 Å². The van der Waals surface area contributed by atoms with Gasteiger partial charge in [0.25, 0.3) is 0 Å². The zero-order chi connectivity index (χ0) is 15.3. The lowest BCUT2D eigenvalue weighted by molar-refractivity contribution is -0.262. The summed E-state index contributed by atoms with van der Waals surface area (Å²) in [6, 6.07) is 0. The van der Waals surface area contributed by atoms with E-state index in [0.717, 1.165) is 0 Å². The average molecular weight is 290 g/mol. The minimum absolute atomic E-state index is 0.0618. The molecule has 1 heterocycles. The maximum Gasteiger partial charge on any atom is 0.303 e. The van der Waals surface area contributed by atoms with E-state index in [1.165, 1.54) is 20.8 Å². The van der Waals surface area contributed by atoms with Crippen LogP contribution < -0.4 is 0 Å². The van der Waals surface area contributed by atoms with Crippen molar-refractivity contribution in [2.24, 2.45) is 0 Å². The molecule has 1 aliphatic rings. The number of carbonyl (C=O) groups excluding carboxylic acids is 3. The number of aliphatic hydroxyl groups excluding tert-OH is 1. The van der Waals surface area contributed by atoms with Crippen LogP contribution in [0, 0.1) is 0 Å². The normalized spacial score (nSPS) is 29.4. The summed E-state index contributed by atoms with van der Waals surface area (Å²) in [6.07, 6.45) is -3.84. The molecule has 8 nitrogen and oxygen atoms in total. The maximum absolute atomic E-state index is 11.1. The summed E-state index contributed by atoms with van der Waals surface area (Å²) in [6.45, 7) is 3.46. The molecule has 0 amide bonds. The first-order chi connectivity index (χ1) is 9.29. The van der Waals surface area contributed by atoms with Crippen molar-refractivity contribution in [3.8, 4) is 0 Å². The number of hydrogen-bond donors (Lipinski definition) is 1. The summed E-state index contributed by atoms with van der Waals surface area (Å²) in [5.74, 6) is -1.66. The van der Waals surface area contributed by atoms with Crippen molar-refractivity contribution in [1.82, 2.24) is 0 Å². The molecule has 20 heavy (non-hydrogen) atoms. The third-order valence-corrected chi connectivity index (χ3v) is 2.60. The van der Waals surface area contributed by atoms with Gasteiger partial charge in [-0.25, -0.2) is 0 Å². The van der Waals surface area contributed by atoms with Crippen molar-refractivity contribution in [3.63, 3.8) is 0 Å². The second-order valence-corrected chi connectivity index (χ2v) is 4.40. The van der Waals surface area contributed by atoms with Crippen LogP contribution in [0.2, 0.25) is 0 Å². The van der Waals surface area contributed by atoms with Crippen molar-refractivity contribution >= 4 is 17.9 Å². The van der Waals surface area contributed by atoms with Crippen LogP contribution >= 0.6 is 0 Å². The monoisotopic (exact) mass is 290 g/mol.